The van der Waals surface area contributed by atoms with E-state index in [1.54, 1.807) is 35.9 Å². The molecule has 0 bridgehead atoms. The molecule has 0 saturated heterocycles. The number of carbonyl (C=O) groups is 1. The summed E-state index contributed by atoms with van der Waals surface area (Å²) in [5.74, 6) is -0.167. The molecule has 28 heavy (non-hydrogen) atoms. The van der Waals surface area contributed by atoms with Crippen LogP contribution in [-0.4, -0.2) is 15.9 Å². The van der Waals surface area contributed by atoms with Crippen molar-refractivity contribution >= 4 is 38.8 Å². The monoisotopic (exact) mass is 388 g/mol. The number of hydrogen-bond donors (Lipinski definition) is 2. The van der Waals surface area contributed by atoms with Crippen LogP contribution in [0.3, 0.4) is 0 Å². The summed E-state index contributed by atoms with van der Waals surface area (Å²) < 4.78 is 0. The molecule has 0 aliphatic rings. The van der Waals surface area contributed by atoms with Gasteiger partial charge in [-0.3, -0.25) is 9.78 Å². The van der Waals surface area contributed by atoms with Gasteiger partial charge in [-0.25, -0.2) is 4.98 Å². The van der Waals surface area contributed by atoms with E-state index in [1.165, 1.54) is 0 Å². The first-order chi connectivity index (χ1) is 13.6. The molecule has 0 saturated carbocycles. The molecular formula is C22H20N4OS. The van der Waals surface area contributed by atoms with Crippen LogP contribution in [0.1, 0.15) is 34.5 Å². The Morgan fingerprint density at radius 1 is 1.14 bits per heavy atom. The highest BCUT2D eigenvalue weighted by molar-refractivity contribution is 7.17. The van der Waals surface area contributed by atoms with Crippen LogP contribution >= 0.6 is 11.3 Å². The van der Waals surface area contributed by atoms with Crippen molar-refractivity contribution in [3.05, 3.63) is 83.1 Å². The van der Waals surface area contributed by atoms with Crippen LogP contribution in [-0.2, 0) is 0 Å². The molecule has 6 heteroatoms. The molecular weight excluding hydrogens is 368 g/mol. The number of hydrogen-bond acceptors (Lipinski definition) is 5. The first kappa shape index (κ1) is 18.1. The van der Waals surface area contributed by atoms with Crippen LogP contribution in [0, 0.1) is 6.92 Å². The molecule has 0 fully saturated rings. The third-order valence-corrected chi connectivity index (χ3v) is 5.41. The number of aromatic nitrogens is 2. The fourth-order valence-electron chi connectivity index (χ4n) is 3.13. The van der Waals surface area contributed by atoms with Gasteiger partial charge in [0.1, 0.15) is 4.83 Å². The molecule has 0 aliphatic heterocycles. The Morgan fingerprint density at radius 3 is 2.82 bits per heavy atom. The fourth-order valence-corrected chi connectivity index (χ4v) is 3.98. The van der Waals surface area contributed by atoms with E-state index in [9.17, 15) is 4.79 Å². The van der Waals surface area contributed by atoms with Crippen molar-refractivity contribution in [1.29, 1.82) is 0 Å². The van der Waals surface area contributed by atoms with E-state index in [0.29, 0.717) is 5.56 Å². The highest BCUT2D eigenvalue weighted by Crippen LogP contribution is 2.32. The number of pyridine rings is 2. The molecule has 0 aliphatic carbocycles. The quantitative estimate of drug-likeness (QED) is 0.479. The highest BCUT2D eigenvalue weighted by Gasteiger charge is 2.12. The highest BCUT2D eigenvalue weighted by atomic mass is 32.1. The van der Waals surface area contributed by atoms with Crippen molar-refractivity contribution in [3.63, 3.8) is 0 Å². The Morgan fingerprint density at radius 2 is 2.00 bits per heavy atom. The van der Waals surface area contributed by atoms with Crippen molar-refractivity contribution in [1.82, 2.24) is 9.97 Å². The first-order valence-electron chi connectivity index (χ1n) is 9.02. The van der Waals surface area contributed by atoms with Crippen molar-refractivity contribution in [2.75, 3.05) is 10.6 Å². The number of nitrogens with zero attached hydrogens (tertiary/aromatic N) is 2. The van der Waals surface area contributed by atoms with Crippen LogP contribution in [0.4, 0.5) is 11.4 Å². The SMILES string of the molecule is Cc1cc(NC(=O)c2cccnc2)cc([C@H](C)Nc2csc3ncccc23)c1. The zero-order valence-electron chi connectivity index (χ0n) is 15.6. The fraction of sp³-hybridized carbons (Fsp3) is 0.136. The van der Waals surface area contributed by atoms with Gasteiger partial charge in [-0.2, -0.15) is 0 Å². The Hall–Kier alpha value is -3.25. The van der Waals surface area contributed by atoms with Gasteiger partial charge in [-0.05, 0) is 61.4 Å². The van der Waals surface area contributed by atoms with Gasteiger partial charge in [-0.15, -0.1) is 11.3 Å². The zero-order chi connectivity index (χ0) is 19.5. The number of thiophene rings is 1. The lowest BCUT2D eigenvalue weighted by atomic mass is 10.0. The number of fused-ring (bicyclic) bond motifs is 1. The average molecular weight is 388 g/mol. The Bertz CT molecular complexity index is 1120. The third kappa shape index (κ3) is 3.87. The Labute approximate surface area is 167 Å². The summed E-state index contributed by atoms with van der Waals surface area (Å²) in [6.07, 6.45) is 5.02. The Kier molecular flexibility index (Phi) is 5.04. The third-order valence-electron chi connectivity index (χ3n) is 4.50. The minimum atomic E-state index is -0.167. The largest absolute Gasteiger partial charge is 0.377 e. The summed E-state index contributed by atoms with van der Waals surface area (Å²) in [6, 6.07) is 13.7. The van der Waals surface area contributed by atoms with Crippen molar-refractivity contribution in [2.45, 2.75) is 19.9 Å². The number of nitrogens with one attached hydrogen (secondary N) is 2. The number of benzene rings is 1. The molecule has 0 unspecified atom stereocenters. The molecule has 140 valence electrons. The second-order valence-corrected chi connectivity index (χ2v) is 7.56. The molecule has 1 amide bonds. The normalized spacial score (nSPS) is 11.9. The van der Waals surface area contributed by atoms with Crippen LogP contribution in [0.25, 0.3) is 10.2 Å². The molecule has 1 atom stereocenters. The van der Waals surface area contributed by atoms with E-state index in [-0.39, 0.29) is 11.9 Å². The van der Waals surface area contributed by atoms with E-state index in [0.717, 1.165) is 32.7 Å². The van der Waals surface area contributed by atoms with E-state index in [1.807, 2.05) is 31.3 Å². The zero-order valence-corrected chi connectivity index (χ0v) is 16.5. The number of carbonyl (C=O) groups excluding carboxylic acids is 1. The van der Waals surface area contributed by atoms with Gasteiger partial charge in [0.15, 0.2) is 0 Å². The van der Waals surface area contributed by atoms with Crippen LogP contribution in [0.15, 0.2) is 66.4 Å². The summed E-state index contributed by atoms with van der Waals surface area (Å²) in [7, 11) is 0. The first-order valence-corrected chi connectivity index (χ1v) is 9.90. The Balaban J connectivity index is 1.55. The minimum absolute atomic E-state index is 0.0759. The van der Waals surface area contributed by atoms with Gasteiger partial charge in [0.2, 0.25) is 0 Å². The molecule has 2 N–H and O–H groups in total. The van der Waals surface area contributed by atoms with E-state index < -0.39 is 0 Å². The average Bonchev–Trinajstić information content (AvgIpc) is 3.11. The lowest BCUT2D eigenvalue weighted by Crippen LogP contribution is -2.13. The van der Waals surface area contributed by atoms with E-state index in [2.05, 4.69) is 45.0 Å². The van der Waals surface area contributed by atoms with Gasteiger partial charge in [0.05, 0.1) is 11.3 Å². The molecule has 5 nitrogen and oxygen atoms in total. The standard InChI is InChI=1S/C22H20N4OS/c1-14-9-17(11-18(10-14)26-21(27)16-5-3-7-23-12-16)15(2)25-20-13-28-22-19(20)6-4-8-24-22/h3-13,15,25H,1-2H3,(H,26,27)/t15-/m0/s1. The second kappa shape index (κ2) is 7.78. The number of amides is 1. The van der Waals surface area contributed by atoms with Crippen LogP contribution < -0.4 is 10.6 Å². The smallest absolute Gasteiger partial charge is 0.257 e. The van der Waals surface area contributed by atoms with Gasteiger partial charge in [-0.1, -0.05) is 6.07 Å². The summed E-state index contributed by atoms with van der Waals surface area (Å²) >= 11 is 1.63. The van der Waals surface area contributed by atoms with Crippen LogP contribution in [0.2, 0.25) is 0 Å². The van der Waals surface area contributed by atoms with E-state index in [4.69, 9.17) is 0 Å². The molecule has 0 radical (unpaired) electrons. The predicted molar refractivity (Wildman–Crippen MR) is 115 cm³/mol. The molecule has 0 spiro atoms. The molecule has 1 aromatic carbocycles. The maximum absolute atomic E-state index is 12.4. The number of aryl methyl sites for hydroxylation is 1. The van der Waals surface area contributed by atoms with Crippen molar-refractivity contribution < 1.29 is 4.79 Å². The second-order valence-electron chi connectivity index (χ2n) is 6.70. The maximum Gasteiger partial charge on any atom is 0.257 e. The van der Waals surface area contributed by atoms with Gasteiger partial charge in [0.25, 0.3) is 5.91 Å². The summed E-state index contributed by atoms with van der Waals surface area (Å²) in [5, 5.41) is 9.75. The lowest BCUT2D eigenvalue weighted by molar-refractivity contribution is 0.102. The number of rotatable bonds is 5. The number of anilines is 2. The summed E-state index contributed by atoms with van der Waals surface area (Å²) in [6.45, 7) is 4.14. The molecule has 3 heterocycles. The summed E-state index contributed by atoms with van der Waals surface area (Å²) in [5.41, 5.74) is 4.57. The molecule has 4 rings (SSSR count). The van der Waals surface area contributed by atoms with Gasteiger partial charge >= 0.3 is 0 Å². The summed E-state index contributed by atoms with van der Waals surface area (Å²) in [4.78, 5) is 21.9. The minimum Gasteiger partial charge on any atom is -0.377 e. The van der Waals surface area contributed by atoms with E-state index >= 15 is 0 Å². The topological polar surface area (TPSA) is 66.9 Å². The lowest BCUT2D eigenvalue weighted by Gasteiger charge is -2.17. The van der Waals surface area contributed by atoms with Crippen molar-refractivity contribution in [2.24, 2.45) is 0 Å². The predicted octanol–water partition coefficient (Wildman–Crippen LogP) is 5.43. The van der Waals surface area contributed by atoms with Crippen molar-refractivity contribution in [3.8, 4) is 0 Å². The van der Waals surface area contributed by atoms with Gasteiger partial charge < -0.3 is 10.6 Å². The maximum atomic E-state index is 12.4. The van der Waals surface area contributed by atoms with Crippen LogP contribution in [0.5, 0.6) is 0 Å². The van der Waals surface area contributed by atoms with Gasteiger partial charge in [0, 0.05) is 41.1 Å². The molecule has 3 aromatic heterocycles. The molecule has 4 aromatic rings.